The molecule has 7 nitrogen and oxygen atoms in total. The summed E-state index contributed by atoms with van der Waals surface area (Å²) in [5, 5.41) is 4.56. The predicted octanol–water partition coefficient (Wildman–Crippen LogP) is 3.33. The highest BCUT2D eigenvalue weighted by Crippen LogP contribution is 2.26. The fraction of sp³-hybridized carbons (Fsp3) is 0.292. The number of anilines is 1. The Labute approximate surface area is 196 Å². The van der Waals surface area contributed by atoms with Gasteiger partial charge in [0, 0.05) is 54.9 Å². The van der Waals surface area contributed by atoms with E-state index in [1.165, 1.54) is 18.5 Å². The second kappa shape index (κ2) is 9.72. The van der Waals surface area contributed by atoms with Crippen molar-refractivity contribution in [1.29, 1.82) is 0 Å². The third-order valence-corrected chi connectivity index (χ3v) is 6.20. The summed E-state index contributed by atoms with van der Waals surface area (Å²) in [4.78, 5) is 30.0. The Morgan fingerprint density at radius 1 is 1.21 bits per heavy atom. The van der Waals surface area contributed by atoms with Crippen LogP contribution in [0.5, 0.6) is 0 Å². The first-order chi connectivity index (χ1) is 15.9. The number of halogens is 2. The molecule has 0 spiro atoms. The topological polar surface area (TPSA) is 69.9 Å². The van der Waals surface area contributed by atoms with Gasteiger partial charge >= 0.3 is 0 Å². The fourth-order valence-corrected chi connectivity index (χ4v) is 4.10. The Bertz CT molecular complexity index is 1280. The van der Waals surface area contributed by atoms with Crippen molar-refractivity contribution in [3.63, 3.8) is 0 Å². The molecule has 1 aliphatic rings. The molecule has 2 aromatic carbocycles. The van der Waals surface area contributed by atoms with Crippen LogP contribution < -0.4 is 15.8 Å². The standard InChI is InChI=1S/C24H25ClFN5O2/c1-3-30-15-18(24(33)28-27-14-16-6-4-5-7-19(16)25)23(32)17-12-20(26)22(13-21(17)30)31-10-8-29(2)9-11-31/h4-7,12-15H,3,8-11H2,1-2H3,(H,28,33). The number of likely N-dealkylation sites (N-methyl/N-ethyl adjacent to an activating group) is 1. The quantitative estimate of drug-likeness (QED) is 0.459. The van der Waals surface area contributed by atoms with Crippen molar-refractivity contribution in [2.24, 2.45) is 5.10 Å². The minimum atomic E-state index is -0.670. The van der Waals surface area contributed by atoms with Gasteiger partial charge in [-0.25, -0.2) is 9.82 Å². The number of rotatable bonds is 5. The second-order valence-electron chi connectivity index (χ2n) is 7.99. The Morgan fingerprint density at radius 3 is 2.64 bits per heavy atom. The summed E-state index contributed by atoms with van der Waals surface area (Å²) < 4.78 is 16.8. The van der Waals surface area contributed by atoms with E-state index in [9.17, 15) is 9.59 Å². The zero-order valence-electron chi connectivity index (χ0n) is 18.5. The molecular weight excluding hydrogens is 445 g/mol. The summed E-state index contributed by atoms with van der Waals surface area (Å²) in [6.07, 6.45) is 2.90. The zero-order valence-corrected chi connectivity index (χ0v) is 19.3. The van der Waals surface area contributed by atoms with Gasteiger partial charge in [0.05, 0.1) is 17.4 Å². The molecule has 33 heavy (non-hydrogen) atoms. The summed E-state index contributed by atoms with van der Waals surface area (Å²) in [5.41, 5.74) is 3.41. The predicted molar refractivity (Wildman–Crippen MR) is 130 cm³/mol. The van der Waals surface area contributed by atoms with Gasteiger partial charge < -0.3 is 14.4 Å². The van der Waals surface area contributed by atoms with Crippen LogP contribution in [0.2, 0.25) is 5.02 Å². The number of hydrogen-bond acceptors (Lipinski definition) is 5. The van der Waals surface area contributed by atoms with E-state index in [0.717, 1.165) is 13.1 Å². The number of hydrazone groups is 1. The van der Waals surface area contributed by atoms with E-state index in [4.69, 9.17) is 11.6 Å². The fourth-order valence-electron chi connectivity index (χ4n) is 3.91. The molecular formula is C24H25ClFN5O2. The van der Waals surface area contributed by atoms with E-state index in [1.54, 1.807) is 34.9 Å². The molecule has 0 atom stereocenters. The summed E-state index contributed by atoms with van der Waals surface area (Å²) >= 11 is 6.08. The maximum atomic E-state index is 15.0. The van der Waals surface area contributed by atoms with Crippen molar-refractivity contribution in [1.82, 2.24) is 14.9 Å². The molecule has 0 aliphatic carbocycles. The number of piperazine rings is 1. The molecule has 1 fully saturated rings. The van der Waals surface area contributed by atoms with Crippen molar-refractivity contribution < 1.29 is 9.18 Å². The first-order valence-corrected chi connectivity index (χ1v) is 11.1. The second-order valence-corrected chi connectivity index (χ2v) is 8.40. The maximum absolute atomic E-state index is 15.0. The van der Waals surface area contributed by atoms with Crippen LogP contribution in [0.1, 0.15) is 22.8 Å². The number of nitrogens with one attached hydrogen (secondary N) is 1. The average Bonchev–Trinajstić information content (AvgIpc) is 2.81. The van der Waals surface area contributed by atoms with Crippen molar-refractivity contribution in [3.05, 3.63) is 74.8 Å². The smallest absolute Gasteiger partial charge is 0.276 e. The molecule has 3 aromatic rings. The van der Waals surface area contributed by atoms with E-state index in [2.05, 4.69) is 15.4 Å². The normalized spacial score (nSPS) is 14.8. The molecule has 0 saturated carbocycles. The number of amides is 1. The van der Waals surface area contributed by atoms with Crippen LogP contribution in [0.4, 0.5) is 10.1 Å². The van der Waals surface area contributed by atoms with Crippen LogP contribution >= 0.6 is 11.6 Å². The molecule has 1 N–H and O–H groups in total. The van der Waals surface area contributed by atoms with Gasteiger partial charge in [0.2, 0.25) is 5.43 Å². The van der Waals surface area contributed by atoms with Gasteiger partial charge in [-0.15, -0.1) is 0 Å². The van der Waals surface area contributed by atoms with Gasteiger partial charge in [-0.2, -0.15) is 5.10 Å². The molecule has 9 heteroatoms. The number of aryl methyl sites for hydroxylation is 1. The van der Waals surface area contributed by atoms with Crippen LogP contribution in [-0.4, -0.2) is 54.8 Å². The lowest BCUT2D eigenvalue weighted by Gasteiger charge is -2.34. The molecule has 1 aromatic heterocycles. The molecule has 4 rings (SSSR count). The summed E-state index contributed by atoms with van der Waals surface area (Å²) in [6.45, 7) is 5.50. The van der Waals surface area contributed by atoms with Crippen molar-refractivity contribution in [3.8, 4) is 0 Å². The van der Waals surface area contributed by atoms with Crippen LogP contribution in [0, 0.1) is 5.82 Å². The Balaban J connectivity index is 1.66. The molecule has 2 heterocycles. The molecule has 172 valence electrons. The molecule has 0 radical (unpaired) electrons. The van der Waals surface area contributed by atoms with Gasteiger partial charge in [-0.1, -0.05) is 29.8 Å². The van der Waals surface area contributed by atoms with Gasteiger partial charge in [0.15, 0.2) is 0 Å². The lowest BCUT2D eigenvalue weighted by atomic mass is 10.1. The number of carbonyl (C=O) groups is 1. The minimum absolute atomic E-state index is 0.104. The monoisotopic (exact) mass is 469 g/mol. The molecule has 0 unspecified atom stereocenters. The van der Waals surface area contributed by atoms with Gasteiger partial charge in [-0.3, -0.25) is 9.59 Å². The average molecular weight is 470 g/mol. The van der Waals surface area contributed by atoms with Crippen LogP contribution in [0.3, 0.4) is 0 Å². The lowest BCUT2D eigenvalue weighted by Crippen LogP contribution is -2.44. The highest BCUT2D eigenvalue weighted by atomic mass is 35.5. The van der Waals surface area contributed by atoms with E-state index in [-0.39, 0.29) is 10.9 Å². The van der Waals surface area contributed by atoms with Gasteiger partial charge in [0.1, 0.15) is 11.4 Å². The number of benzene rings is 2. The number of hydrogen-bond donors (Lipinski definition) is 1. The number of pyridine rings is 1. The largest absolute Gasteiger partial charge is 0.367 e. The van der Waals surface area contributed by atoms with E-state index in [1.807, 2.05) is 18.9 Å². The van der Waals surface area contributed by atoms with E-state index >= 15 is 4.39 Å². The van der Waals surface area contributed by atoms with Gasteiger partial charge in [0.25, 0.3) is 5.91 Å². The minimum Gasteiger partial charge on any atom is -0.367 e. The van der Waals surface area contributed by atoms with Gasteiger partial charge in [-0.05, 0) is 32.2 Å². The highest BCUT2D eigenvalue weighted by Gasteiger charge is 2.21. The Kier molecular flexibility index (Phi) is 6.76. The van der Waals surface area contributed by atoms with Crippen molar-refractivity contribution >= 4 is 40.3 Å². The zero-order chi connectivity index (χ0) is 23.5. The Hall–Kier alpha value is -3.23. The number of aromatic nitrogens is 1. The highest BCUT2D eigenvalue weighted by molar-refractivity contribution is 6.33. The first-order valence-electron chi connectivity index (χ1n) is 10.8. The van der Waals surface area contributed by atoms with Crippen molar-refractivity contribution in [2.75, 3.05) is 38.1 Å². The maximum Gasteiger partial charge on any atom is 0.276 e. The molecule has 0 bridgehead atoms. The molecule has 1 amide bonds. The number of nitrogens with zero attached hydrogens (tertiary/aromatic N) is 4. The van der Waals surface area contributed by atoms with Crippen molar-refractivity contribution in [2.45, 2.75) is 13.5 Å². The van der Waals surface area contributed by atoms with E-state index in [0.29, 0.717) is 41.4 Å². The van der Waals surface area contributed by atoms with Crippen LogP contribution in [0.15, 0.2) is 52.5 Å². The van der Waals surface area contributed by atoms with E-state index < -0.39 is 17.2 Å². The SMILES string of the molecule is CCn1cc(C(=O)NN=Cc2ccccc2Cl)c(=O)c2cc(F)c(N3CCN(C)CC3)cc21. The third-order valence-electron chi connectivity index (χ3n) is 5.85. The number of carbonyl (C=O) groups excluding carboxylic acids is 1. The number of fused-ring (bicyclic) bond motifs is 1. The first kappa shape index (κ1) is 22.9. The van der Waals surface area contributed by atoms with Crippen LogP contribution in [0.25, 0.3) is 10.9 Å². The summed E-state index contributed by atoms with van der Waals surface area (Å²) in [5.74, 6) is -1.14. The lowest BCUT2D eigenvalue weighted by molar-refractivity contribution is 0.0953. The Morgan fingerprint density at radius 2 is 1.94 bits per heavy atom. The summed E-state index contributed by atoms with van der Waals surface area (Å²) in [7, 11) is 2.04. The molecule has 1 saturated heterocycles. The summed E-state index contributed by atoms with van der Waals surface area (Å²) in [6, 6.07) is 9.98. The third kappa shape index (κ3) is 4.77. The molecule has 1 aliphatic heterocycles. The van der Waals surface area contributed by atoms with Crippen LogP contribution in [-0.2, 0) is 6.54 Å².